The molecule has 140 valence electrons. The van der Waals surface area contributed by atoms with Crippen molar-refractivity contribution in [2.75, 3.05) is 0 Å². The van der Waals surface area contributed by atoms with Crippen molar-refractivity contribution in [3.05, 3.63) is 85.8 Å². The molecule has 2 nitrogen and oxygen atoms in total. The molecule has 0 unspecified atom stereocenters. The van der Waals surface area contributed by atoms with E-state index in [1.165, 1.54) is 0 Å². The van der Waals surface area contributed by atoms with Crippen LogP contribution >= 0.6 is 58.0 Å². The predicted molar refractivity (Wildman–Crippen MR) is 120 cm³/mol. The molecule has 0 aliphatic carbocycles. The number of H-pyrrole nitrogens is 1. The van der Waals surface area contributed by atoms with Gasteiger partial charge in [0.2, 0.25) is 0 Å². The number of hydrogen-bond donors (Lipinski definition) is 1. The highest BCUT2D eigenvalue weighted by molar-refractivity contribution is 6.44. The summed E-state index contributed by atoms with van der Waals surface area (Å²) >= 11 is 31.4. The Kier molecular flexibility index (Phi) is 5.59. The molecule has 0 radical (unpaired) electrons. The molecule has 0 amide bonds. The highest BCUT2D eigenvalue weighted by Crippen LogP contribution is 2.42. The second-order valence-electron chi connectivity index (χ2n) is 6.02. The Hall–Kier alpha value is -1.68. The van der Waals surface area contributed by atoms with Crippen LogP contribution in [0.4, 0.5) is 0 Å². The molecule has 0 aliphatic rings. The molecule has 0 fully saturated rings. The van der Waals surface area contributed by atoms with Gasteiger partial charge in [0, 0.05) is 21.7 Å². The minimum atomic E-state index is 0.415. The number of imidazole rings is 1. The van der Waals surface area contributed by atoms with Crippen LogP contribution in [0, 0.1) is 0 Å². The molecule has 0 atom stereocenters. The van der Waals surface area contributed by atoms with Gasteiger partial charge >= 0.3 is 0 Å². The Morgan fingerprint density at radius 1 is 0.643 bits per heavy atom. The van der Waals surface area contributed by atoms with Crippen LogP contribution < -0.4 is 0 Å². The van der Waals surface area contributed by atoms with Gasteiger partial charge in [-0.05, 0) is 36.4 Å². The number of rotatable bonds is 3. The number of hydrogen-bond acceptors (Lipinski definition) is 1. The van der Waals surface area contributed by atoms with Crippen LogP contribution in [0.5, 0.6) is 0 Å². The van der Waals surface area contributed by atoms with Gasteiger partial charge in [-0.3, -0.25) is 0 Å². The van der Waals surface area contributed by atoms with Crippen molar-refractivity contribution in [3.8, 4) is 33.9 Å². The molecule has 1 aromatic heterocycles. The summed E-state index contributed by atoms with van der Waals surface area (Å²) in [4.78, 5) is 8.13. The minimum Gasteiger partial charge on any atom is -0.337 e. The third-order valence-corrected chi connectivity index (χ3v) is 6.14. The largest absolute Gasteiger partial charge is 0.337 e. The molecule has 0 bridgehead atoms. The van der Waals surface area contributed by atoms with Crippen LogP contribution in [0.25, 0.3) is 33.9 Å². The van der Waals surface area contributed by atoms with Gasteiger partial charge in [-0.1, -0.05) is 82.3 Å². The lowest BCUT2D eigenvalue weighted by Gasteiger charge is -2.08. The van der Waals surface area contributed by atoms with Crippen molar-refractivity contribution in [1.82, 2.24) is 9.97 Å². The van der Waals surface area contributed by atoms with Gasteiger partial charge < -0.3 is 4.98 Å². The maximum atomic E-state index is 6.48. The van der Waals surface area contributed by atoms with Crippen LogP contribution in [0.15, 0.2) is 60.7 Å². The Morgan fingerprint density at radius 2 is 1.21 bits per heavy atom. The molecule has 1 N–H and O–H groups in total. The SMILES string of the molecule is Clc1ccc(-c2nc(-c3cccc(Cl)c3Cl)c(-c3cccc(Cl)c3Cl)[nH]2)cc1. The average molecular weight is 469 g/mol. The monoisotopic (exact) mass is 466 g/mol. The molecular formula is C21H11Cl5N2. The van der Waals surface area contributed by atoms with Gasteiger partial charge in [0.15, 0.2) is 0 Å². The summed E-state index contributed by atoms with van der Waals surface area (Å²) in [6, 6.07) is 18.2. The first-order valence-corrected chi connectivity index (χ1v) is 10.1. The number of aromatic amines is 1. The standard InChI is InChI=1S/C21H11Cl5N2/c22-12-9-7-11(8-10-12)21-27-19(13-3-1-5-15(23)17(13)25)20(28-21)14-4-2-6-16(24)18(14)26/h1-10H,(H,27,28). The molecule has 0 saturated carbocycles. The normalized spacial score (nSPS) is 11.0. The summed E-state index contributed by atoms with van der Waals surface area (Å²) in [6.07, 6.45) is 0. The van der Waals surface area contributed by atoms with Gasteiger partial charge in [0.1, 0.15) is 5.82 Å². The molecule has 0 saturated heterocycles. The first kappa shape index (κ1) is 19.6. The highest BCUT2D eigenvalue weighted by Gasteiger charge is 2.20. The van der Waals surface area contributed by atoms with Crippen molar-refractivity contribution < 1.29 is 0 Å². The number of nitrogens with one attached hydrogen (secondary N) is 1. The van der Waals surface area contributed by atoms with Gasteiger partial charge in [0.25, 0.3) is 0 Å². The van der Waals surface area contributed by atoms with E-state index >= 15 is 0 Å². The van der Waals surface area contributed by atoms with Crippen molar-refractivity contribution in [1.29, 1.82) is 0 Å². The van der Waals surface area contributed by atoms with Gasteiger partial charge in [0.05, 0.1) is 31.5 Å². The first-order valence-electron chi connectivity index (χ1n) is 8.20. The van der Waals surface area contributed by atoms with Crippen LogP contribution in [0.1, 0.15) is 0 Å². The summed E-state index contributed by atoms with van der Waals surface area (Å²) in [5.74, 6) is 0.647. The zero-order valence-electron chi connectivity index (χ0n) is 14.1. The third-order valence-electron chi connectivity index (χ3n) is 4.25. The fourth-order valence-corrected chi connectivity index (χ4v) is 3.80. The quantitative estimate of drug-likeness (QED) is 0.320. The number of aromatic nitrogens is 2. The molecule has 1 heterocycles. The molecular weight excluding hydrogens is 458 g/mol. The van der Waals surface area contributed by atoms with Crippen molar-refractivity contribution >= 4 is 58.0 Å². The summed E-state index contributed by atoms with van der Waals surface area (Å²) in [5.41, 5.74) is 3.60. The molecule has 0 aliphatic heterocycles. The van der Waals surface area contributed by atoms with E-state index in [9.17, 15) is 0 Å². The predicted octanol–water partition coefficient (Wildman–Crippen LogP) is 8.68. The lowest BCUT2D eigenvalue weighted by Crippen LogP contribution is -1.87. The molecule has 4 aromatic rings. The zero-order valence-corrected chi connectivity index (χ0v) is 17.9. The maximum Gasteiger partial charge on any atom is 0.138 e. The first-order chi connectivity index (χ1) is 13.5. The molecule has 28 heavy (non-hydrogen) atoms. The van der Waals surface area contributed by atoms with Gasteiger partial charge in [-0.2, -0.15) is 0 Å². The Morgan fingerprint density at radius 3 is 1.86 bits per heavy atom. The summed E-state index contributed by atoms with van der Waals surface area (Å²) in [6.45, 7) is 0. The second kappa shape index (κ2) is 7.98. The molecule has 3 aromatic carbocycles. The third kappa shape index (κ3) is 3.63. The van der Waals surface area contributed by atoms with Crippen LogP contribution in [0.3, 0.4) is 0 Å². The van der Waals surface area contributed by atoms with E-state index in [4.69, 9.17) is 63.0 Å². The second-order valence-corrected chi connectivity index (χ2v) is 8.03. The summed E-state index contributed by atoms with van der Waals surface area (Å²) < 4.78 is 0. The Labute approximate surface area is 187 Å². The zero-order chi connectivity index (χ0) is 19.8. The van der Waals surface area contributed by atoms with Crippen LogP contribution in [-0.2, 0) is 0 Å². The van der Waals surface area contributed by atoms with E-state index in [-0.39, 0.29) is 0 Å². The number of benzene rings is 3. The van der Waals surface area contributed by atoms with E-state index in [1.54, 1.807) is 24.3 Å². The van der Waals surface area contributed by atoms with E-state index in [0.29, 0.717) is 53.5 Å². The van der Waals surface area contributed by atoms with E-state index in [0.717, 1.165) is 5.56 Å². The van der Waals surface area contributed by atoms with E-state index < -0.39 is 0 Å². The minimum absolute atomic E-state index is 0.415. The van der Waals surface area contributed by atoms with Gasteiger partial charge in [-0.15, -0.1) is 0 Å². The van der Waals surface area contributed by atoms with Crippen molar-refractivity contribution in [2.24, 2.45) is 0 Å². The lowest BCUT2D eigenvalue weighted by molar-refractivity contribution is 1.31. The fraction of sp³-hybridized carbons (Fsp3) is 0. The van der Waals surface area contributed by atoms with E-state index in [1.807, 2.05) is 36.4 Å². The summed E-state index contributed by atoms with van der Waals surface area (Å²) in [5, 5.41) is 2.38. The fourth-order valence-electron chi connectivity index (χ4n) is 2.89. The van der Waals surface area contributed by atoms with Crippen LogP contribution in [0.2, 0.25) is 25.1 Å². The average Bonchev–Trinajstić information content (AvgIpc) is 3.11. The molecule has 7 heteroatoms. The van der Waals surface area contributed by atoms with Gasteiger partial charge in [-0.25, -0.2) is 4.98 Å². The Bertz CT molecular complexity index is 1100. The highest BCUT2D eigenvalue weighted by atomic mass is 35.5. The van der Waals surface area contributed by atoms with Crippen LogP contribution in [-0.4, -0.2) is 9.97 Å². The molecule has 4 rings (SSSR count). The Balaban J connectivity index is 1.99. The summed E-state index contributed by atoms with van der Waals surface area (Å²) in [7, 11) is 0. The lowest BCUT2D eigenvalue weighted by atomic mass is 10.0. The number of halogens is 5. The van der Waals surface area contributed by atoms with E-state index in [2.05, 4.69) is 4.98 Å². The number of nitrogens with zero attached hydrogens (tertiary/aromatic N) is 1. The van der Waals surface area contributed by atoms with Crippen molar-refractivity contribution in [3.63, 3.8) is 0 Å². The maximum absolute atomic E-state index is 6.48. The molecule has 0 spiro atoms. The smallest absolute Gasteiger partial charge is 0.138 e. The van der Waals surface area contributed by atoms with Crippen molar-refractivity contribution in [2.45, 2.75) is 0 Å². The topological polar surface area (TPSA) is 28.7 Å².